The van der Waals surface area contributed by atoms with E-state index in [2.05, 4.69) is 13.2 Å². The second-order valence-corrected chi connectivity index (χ2v) is 6.09. The maximum absolute atomic E-state index is 12.6. The first-order valence-electron chi connectivity index (χ1n) is 9.34. The number of unbranched alkanes of at least 4 members (excludes halogenated alkanes) is 4. The van der Waals surface area contributed by atoms with Gasteiger partial charge in [-0.25, -0.2) is 4.79 Å². The highest BCUT2D eigenvalue weighted by molar-refractivity contribution is 6.00. The molecule has 152 valence electrons. The Bertz CT molecular complexity index is 501. The molecule has 1 unspecified atom stereocenters. The van der Waals surface area contributed by atoms with Crippen LogP contribution in [-0.4, -0.2) is 46.4 Å². The van der Waals surface area contributed by atoms with Gasteiger partial charge in [0.1, 0.15) is 6.04 Å². The Labute approximate surface area is 161 Å². The van der Waals surface area contributed by atoms with Crippen molar-refractivity contribution in [2.75, 3.05) is 6.61 Å². The van der Waals surface area contributed by atoms with Crippen LogP contribution in [0.4, 0.5) is 0 Å². The summed E-state index contributed by atoms with van der Waals surface area (Å²) < 4.78 is 4.90. The molecule has 0 aromatic rings. The lowest BCUT2D eigenvalue weighted by atomic mass is 10.1. The third kappa shape index (κ3) is 10.3. The van der Waals surface area contributed by atoms with Crippen LogP contribution in [0.15, 0.2) is 25.3 Å². The van der Waals surface area contributed by atoms with Gasteiger partial charge in [0, 0.05) is 12.8 Å². The summed E-state index contributed by atoms with van der Waals surface area (Å²) in [6.07, 6.45) is 6.87. The van der Waals surface area contributed by atoms with E-state index >= 15 is 0 Å². The minimum Gasteiger partial charge on any atom is -0.481 e. The van der Waals surface area contributed by atoms with Gasteiger partial charge in [-0.3, -0.25) is 19.3 Å². The van der Waals surface area contributed by atoms with E-state index in [0.717, 1.165) is 30.6 Å². The highest BCUT2D eigenvalue weighted by Gasteiger charge is 2.36. The standard InChI is InChI=1S/C20H31NO6/c1-4-7-9-11-13-17(22)21(18(23)14-12-10-8-5-2)16(15-19(24)25)20(26)27-6-3/h4-5,16H,1-2,6-15H2,3H3,(H,24,25). The molecule has 0 aromatic carbocycles. The molecule has 0 aliphatic carbocycles. The minimum absolute atomic E-state index is 0.0316. The number of hydrogen-bond donors (Lipinski definition) is 1. The Morgan fingerprint density at radius 1 is 0.963 bits per heavy atom. The van der Waals surface area contributed by atoms with E-state index in [4.69, 9.17) is 9.84 Å². The summed E-state index contributed by atoms with van der Waals surface area (Å²) >= 11 is 0. The van der Waals surface area contributed by atoms with Crippen molar-refractivity contribution >= 4 is 23.8 Å². The quantitative estimate of drug-likeness (QED) is 0.265. The molecule has 1 atom stereocenters. The zero-order chi connectivity index (χ0) is 20.7. The predicted octanol–water partition coefficient (Wildman–Crippen LogP) is 3.24. The molecule has 0 saturated carbocycles. The molecule has 7 nitrogen and oxygen atoms in total. The molecule has 0 bridgehead atoms. The number of amides is 2. The third-order valence-electron chi connectivity index (χ3n) is 3.87. The van der Waals surface area contributed by atoms with E-state index in [-0.39, 0.29) is 19.4 Å². The number of nitrogens with zero attached hydrogens (tertiary/aromatic N) is 1. The van der Waals surface area contributed by atoms with Gasteiger partial charge in [-0.2, -0.15) is 0 Å². The van der Waals surface area contributed by atoms with Crippen LogP contribution < -0.4 is 0 Å². The fraction of sp³-hybridized carbons (Fsp3) is 0.600. The van der Waals surface area contributed by atoms with Crippen LogP contribution in [0.3, 0.4) is 0 Å². The average Bonchev–Trinajstić information content (AvgIpc) is 2.61. The van der Waals surface area contributed by atoms with Crippen LogP contribution in [0.25, 0.3) is 0 Å². The highest BCUT2D eigenvalue weighted by Crippen LogP contribution is 2.16. The van der Waals surface area contributed by atoms with E-state index in [1.807, 2.05) is 0 Å². The Hall–Kier alpha value is -2.44. The Morgan fingerprint density at radius 2 is 1.44 bits per heavy atom. The summed E-state index contributed by atoms with van der Waals surface area (Å²) in [6, 6.07) is -1.44. The van der Waals surface area contributed by atoms with Crippen LogP contribution in [0.5, 0.6) is 0 Å². The van der Waals surface area contributed by atoms with Crippen molar-refractivity contribution in [1.29, 1.82) is 0 Å². The second-order valence-electron chi connectivity index (χ2n) is 6.09. The molecule has 0 saturated heterocycles. The normalized spacial score (nSPS) is 11.3. The molecule has 0 aliphatic rings. The van der Waals surface area contributed by atoms with E-state index in [1.54, 1.807) is 19.1 Å². The van der Waals surface area contributed by atoms with Gasteiger partial charge in [-0.05, 0) is 45.4 Å². The van der Waals surface area contributed by atoms with Gasteiger partial charge in [0.05, 0.1) is 13.0 Å². The topological polar surface area (TPSA) is 101 Å². The molecule has 0 spiro atoms. The summed E-state index contributed by atoms with van der Waals surface area (Å²) in [5, 5.41) is 9.13. The van der Waals surface area contributed by atoms with E-state index in [0.29, 0.717) is 12.8 Å². The van der Waals surface area contributed by atoms with E-state index < -0.39 is 36.2 Å². The fourth-order valence-corrected chi connectivity index (χ4v) is 2.54. The van der Waals surface area contributed by atoms with Gasteiger partial charge in [0.25, 0.3) is 0 Å². The molecular formula is C20H31NO6. The van der Waals surface area contributed by atoms with Crippen molar-refractivity contribution in [3.8, 4) is 0 Å². The first-order chi connectivity index (χ1) is 12.9. The lowest BCUT2D eigenvalue weighted by Crippen LogP contribution is -2.50. The van der Waals surface area contributed by atoms with Gasteiger partial charge >= 0.3 is 11.9 Å². The number of hydrogen-bond acceptors (Lipinski definition) is 5. The largest absolute Gasteiger partial charge is 0.481 e. The van der Waals surface area contributed by atoms with Gasteiger partial charge in [0.2, 0.25) is 11.8 Å². The van der Waals surface area contributed by atoms with Crippen LogP contribution in [-0.2, 0) is 23.9 Å². The average molecular weight is 381 g/mol. The second kappa shape index (κ2) is 14.7. The highest BCUT2D eigenvalue weighted by atomic mass is 16.5. The smallest absolute Gasteiger partial charge is 0.329 e. The number of aliphatic carboxylic acids is 1. The van der Waals surface area contributed by atoms with Crippen LogP contribution in [0, 0.1) is 0 Å². The van der Waals surface area contributed by atoms with Crippen molar-refractivity contribution in [3.63, 3.8) is 0 Å². The lowest BCUT2D eigenvalue weighted by molar-refractivity contribution is -0.163. The number of carboxylic acids is 1. The number of ether oxygens (including phenoxy) is 1. The molecule has 0 fully saturated rings. The number of esters is 1. The van der Waals surface area contributed by atoms with Gasteiger partial charge < -0.3 is 9.84 Å². The summed E-state index contributed by atoms with van der Waals surface area (Å²) in [5.41, 5.74) is 0. The van der Waals surface area contributed by atoms with Gasteiger partial charge in [-0.1, -0.05) is 12.2 Å². The number of rotatable bonds is 15. The first-order valence-corrected chi connectivity index (χ1v) is 9.34. The van der Waals surface area contributed by atoms with E-state index in [1.165, 1.54) is 0 Å². The maximum atomic E-state index is 12.6. The van der Waals surface area contributed by atoms with Crippen LogP contribution >= 0.6 is 0 Å². The molecule has 7 heteroatoms. The van der Waals surface area contributed by atoms with E-state index in [9.17, 15) is 19.2 Å². The van der Waals surface area contributed by atoms with Crippen LogP contribution in [0.2, 0.25) is 0 Å². The number of imide groups is 1. The van der Waals surface area contributed by atoms with Crippen molar-refractivity contribution in [1.82, 2.24) is 4.90 Å². The first kappa shape index (κ1) is 24.6. The summed E-state index contributed by atoms with van der Waals surface area (Å²) in [4.78, 5) is 49.5. The number of carboxylic acid groups (broad SMARTS) is 1. The van der Waals surface area contributed by atoms with Crippen molar-refractivity contribution < 1.29 is 29.0 Å². The molecule has 0 heterocycles. The molecule has 2 amide bonds. The molecule has 0 rings (SSSR count). The molecular weight excluding hydrogens is 350 g/mol. The predicted molar refractivity (Wildman–Crippen MR) is 102 cm³/mol. The Kier molecular flexibility index (Phi) is 13.4. The van der Waals surface area contributed by atoms with Crippen LogP contribution in [0.1, 0.15) is 64.7 Å². The molecule has 0 radical (unpaired) electrons. The lowest BCUT2D eigenvalue weighted by Gasteiger charge is -2.28. The SMILES string of the molecule is C=CCCCCC(=O)N(C(=O)CCCCC=C)C(CC(=O)O)C(=O)OCC. The zero-order valence-electron chi connectivity index (χ0n) is 16.2. The third-order valence-corrected chi connectivity index (χ3v) is 3.87. The minimum atomic E-state index is -1.44. The Balaban J connectivity index is 5.33. The summed E-state index contributed by atoms with van der Waals surface area (Å²) in [5.74, 6) is -3.25. The van der Waals surface area contributed by atoms with Crippen molar-refractivity contribution in [2.45, 2.75) is 70.8 Å². The number of carbonyl (C=O) groups excluding carboxylic acids is 3. The number of allylic oxidation sites excluding steroid dienone is 2. The summed E-state index contributed by atoms with van der Waals surface area (Å²) in [6.45, 7) is 8.83. The van der Waals surface area contributed by atoms with Crippen molar-refractivity contribution in [3.05, 3.63) is 25.3 Å². The van der Waals surface area contributed by atoms with Gasteiger partial charge in [-0.15, -0.1) is 13.2 Å². The fourth-order valence-electron chi connectivity index (χ4n) is 2.54. The monoisotopic (exact) mass is 381 g/mol. The zero-order valence-corrected chi connectivity index (χ0v) is 16.2. The molecule has 0 aromatic heterocycles. The molecule has 27 heavy (non-hydrogen) atoms. The number of carbonyl (C=O) groups is 4. The molecule has 1 N–H and O–H groups in total. The van der Waals surface area contributed by atoms with Crippen molar-refractivity contribution in [2.24, 2.45) is 0 Å². The molecule has 0 aliphatic heterocycles. The van der Waals surface area contributed by atoms with Gasteiger partial charge in [0.15, 0.2) is 0 Å². The summed E-state index contributed by atoms with van der Waals surface area (Å²) in [7, 11) is 0. The Morgan fingerprint density at radius 3 is 1.81 bits per heavy atom. The maximum Gasteiger partial charge on any atom is 0.329 e.